The lowest BCUT2D eigenvalue weighted by Gasteiger charge is -2.22. The maximum atomic E-state index is 13.3. The number of fused-ring (bicyclic) bond motifs is 2. The molecule has 33 heavy (non-hydrogen) atoms. The van der Waals surface area contributed by atoms with Crippen LogP contribution in [-0.4, -0.2) is 23.6 Å². The van der Waals surface area contributed by atoms with E-state index in [2.05, 4.69) is 0 Å². The highest BCUT2D eigenvalue weighted by atomic mass is 35.5. The summed E-state index contributed by atoms with van der Waals surface area (Å²) in [7, 11) is 0. The van der Waals surface area contributed by atoms with E-state index in [9.17, 15) is 14.7 Å². The Hall–Kier alpha value is -3.61. The largest absolute Gasteiger partial charge is 0.454 e. The average Bonchev–Trinajstić information content (AvgIpc) is 3.35. The molecule has 0 fully saturated rings. The van der Waals surface area contributed by atoms with Crippen molar-refractivity contribution in [2.24, 2.45) is 0 Å². The molecule has 7 heteroatoms. The molecule has 1 atom stereocenters. The molecule has 166 valence electrons. The van der Waals surface area contributed by atoms with E-state index in [0.717, 1.165) is 11.1 Å². The first-order valence-corrected chi connectivity index (χ1v) is 10.8. The molecule has 0 radical (unpaired) electrons. The van der Waals surface area contributed by atoms with Gasteiger partial charge in [0.25, 0.3) is 5.91 Å². The van der Waals surface area contributed by atoms with Crippen molar-refractivity contribution in [3.8, 4) is 11.5 Å². The number of hydrogen-bond acceptors (Lipinski definition) is 5. The van der Waals surface area contributed by atoms with E-state index >= 15 is 0 Å². The molecule has 0 bridgehead atoms. The van der Waals surface area contributed by atoms with Crippen LogP contribution in [0.25, 0.3) is 6.08 Å². The monoisotopic (exact) mass is 461 g/mol. The van der Waals surface area contributed by atoms with E-state index in [1.54, 1.807) is 66.7 Å². The summed E-state index contributed by atoms with van der Waals surface area (Å²) < 4.78 is 10.6. The Morgan fingerprint density at radius 1 is 1.06 bits per heavy atom. The van der Waals surface area contributed by atoms with Gasteiger partial charge in [-0.05, 0) is 47.5 Å². The minimum Gasteiger partial charge on any atom is -0.454 e. The lowest BCUT2D eigenvalue weighted by atomic mass is 9.89. The third kappa shape index (κ3) is 3.99. The number of amides is 1. The maximum Gasteiger partial charge on any atom is 0.264 e. The maximum absolute atomic E-state index is 13.3. The zero-order valence-electron chi connectivity index (χ0n) is 17.5. The van der Waals surface area contributed by atoms with Gasteiger partial charge in [0.15, 0.2) is 22.9 Å². The number of aliphatic hydroxyl groups is 1. The predicted octanol–water partition coefficient (Wildman–Crippen LogP) is 4.48. The molecule has 0 saturated heterocycles. The van der Waals surface area contributed by atoms with Crippen LogP contribution < -0.4 is 14.4 Å². The molecule has 2 heterocycles. The van der Waals surface area contributed by atoms with Crippen molar-refractivity contribution in [1.29, 1.82) is 0 Å². The number of anilines is 1. The van der Waals surface area contributed by atoms with Crippen LogP contribution in [0.4, 0.5) is 5.69 Å². The first-order chi connectivity index (χ1) is 15.9. The van der Waals surface area contributed by atoms with E-state index in [1.165, 1.54) is 11.0 Å². The highest BCUT2D eigenvalue weighted by Gasteiger charge is 2.50. The number of ether oxygens (including phenoxy) is 2. The molecule has 1 amide bonds. The number of carbonyl (C=O) groups is 2. The van der Waals surface area contributed by atoms with Gasteiger partial charge in [-0.2, -0.15) is 0 Å². The second-order valence-corrected chi connectivity index (χ2v) is 8.42. The SMILES string of the molecule is O=C(C=Cc1ccc2c(c1)OCO2)CC1(O)C(=O)N(Cc2cccc(Cl)c2)c2ccccc21. The summed E-state index contributed by atoms with van der Waals surface area (Å²) in [5.41, 5.74) is 0.634. The zero-order chi connectivity index (χ0) is 23.0. The van der Waals surface area contributed by atoms with Crippen LogP contribution in [0, 0.1) is 0 Å². The number of ketones is 1. The fraction of sp³-hybridized carbons (Fsp3) is 0.154. The summed E-state index contributed by atoms with van der Waals surface area (Å²) >= 11 is 6.09. The van der Waals surface area contributed by atoms with Gasteiger partial charge >= 0.3 is 0 Å². The summed E-state index contributed by atoms with van der Waals surface area (Å²) in [4.78, 5) is 27.6. The minimum absolute atomic E-state index is 0.168. The third-order valence-corrected chi connectivity index (χ3v) is 5.99. The fourth-order valence-electron chi connectivity index (χ4n) is 4.17. The van der Waals surface area contributed by atoms with E-state index < -0.39 is 11.5 Å². The average molecular weight is 462 g/mol. The van der Waals surface area contributed by atoms with Gasteiger partial charge in [0, 0.05) is 10.6 Å². The Morgan fingerprint density at radius 3 is 2.73 bits per heavy atom. The van der Waals surface area contributed by atoms with Crippen LogP contribution in [0.1, 0.15) is 23.1 Å². The predicted molar refractivity (Wildman–Crippen MR) is 124 cm³/mol. The molecule has 5 rings (SSSR count). The summed E-state index contributed by atoms with van der Waals surface area (Å²) in [6.07, 6.45) is 2.63. The molecule has 1 unspecified atom stereocenters. The molecule has 2 aliphatic heterocycles. The summed E-state index contributed by atoms with van der Waals surface area (Å²) in [6, 6.07) is 19.5. The van der Waals surface area contributed by atoms with Crippen molar-refractivity contribution >= 4 is 35.1 Å². The number of carbonyl (C=O) groups excluding carboxylic acids is 2. The molecule has 3 aromatic rings. The minimum atomic E-state index is -1.94. The van der Waals surface area contributed by atoms with Gasteiger partial charge in [-0.1, -0.05) is 54.1 Å². The van der Waals surface area contributed by atoms with Gasteiger partial charge in [0.05, 0.1) is 18.7 Å². The topological polar surface area (TPSA) is 76.1 Å². The molecule has 2 aliphatic rings. The van der Waals surface area contributed by atoms with Gasteiger partial charge in [0.2, 0.25) is 6.79 Å². The number of benzene rings is 3. The Labute approximate surface area is 195 Å². The van der Waals surface area contributed by atoms with Crippen LogP contribution in [0.3, 0.4) is 0 Å². The number of nitrogens with zero attached hydrogens (tertiary/aromatic N) is 1. The molecular weight excluding hydrogens is 442 g/mol. The Morgan fingerprint density at radius 2 is 1.88 bits per heavy atom. The number of halogens is 1. The number of para-hydroxylation sites is 1. The lowest BCUT2D eigenvalue weighted by molar-refractivity contribution is -0.140. The van der Waals surface area contributed by atoms with E-state index in [0.29, 0.717) is 27.8 Å². The van der Waals surface area contributed by atoms with Gasteiger partial charge in [-0.3, -0.25) is 9.59 Å². The van der Waals surface area contributed by atoms with Crippen molar-refractivity contribution < 1.29 is 24.2 Å². The van der Waals surface area contributed by atoms with Gasteiger partial charge in [0.1, 0.15) is 0 Å². The van der Waals surface area contributed by atoms with E-state index in [1.807, 2.05) is 6.07 Å². The summed E-state index contributed by atoms with van der Waals surface area (Å²) in [5.74, 6) is 0.358. The van der Waals surface area contributed by atoms with Gasteiger partial charge < -0.3 is 19.5 Å². The number of allylic oxidation sites excluding steroid dienone is 1. The molecule has 0 spiro atoms. The van der Waals surface area contributed by atoms with Crippen molar-refractivity contribution in [3.05, 3.63) is 94.5 Å². The molecule has 0 aromatic heterocycles. The standard InChI is InChI=1S/C26H20ClNO5/c27-19-5-3-4-18(12-19)15-28-22-7-2-1-6-21(22)26(31,25(28)30)14-20(29)10-8-17-9-11-23-24(13-17)33-16-32-23/h1-13,31H,14-16H2. The first-order valence-electron chi connectivity index (χ1n) is 10.4. The summed E-state index contributed by atoms with van der Waals surface area (Å²) in [6.45, 7) is 0.404. The third-order valence-electron chi connectivity index (χ3n) is 5.76. The Kier molecular flexibility index (Phi) is 5.40. The van der Waals surface area contributed by atoms with Crippen molar-refractivity contribution in [2.75, 3.05) is 11.7 Å². The molecule has 6 nitrogen and oxygen atoms in total. The van der Waals surface area contributed by atoms with Crippen LogP contribution >= 0.6 is 11.6 Å². The Balaban J connectivity index is 1.38. The number of rotatable bonds is 6. The van der Waals surface area contributed by atoms with Crippen molar-refractivity contribution in [1.82, 2.24) is 0 Å². The second-order valence-electron chi connectivity index (χ2n) is 7.99. The highest BCUT2D eigenvalue weighted by Crippen LogP contribution is 2.43. The fourth-order valence-corrected chi connectivity index (χ4v) is 4.38. The molecule has 3 aromatic carbocycles. The van der Waals surface area contributed by atoms with Crippen LogP contribution in [-0.2, 0) is 21.7 Å². The van der Waals surface area contributed by atoms with Crippen molar-refractivity contribution in [3.63, 3.8) is 0 Å². The van der Waals surface area contributed by atoms with Crippen LogP contribution in [0.5, 0.6) is 11.5 Å². The molecule has 1 N–H and O–H groups in total. The van der Waals surface area contributed by atoms with Gasteiger partial charge in [-0.15, -0.1) is 0 Å². The molecule has 0 aliphatic carbocycles. The highest BCUT2D eigenvalue weighted by molar-refractivity contribution is 6.30. The molecule has 0 saturated carbocycles. The number of hydrogen-bond donors (Lipinski definition) is 1. The smallest absolute Gasteiger partial charge is 0.264 e. The summed E-state index contributed by atoms with van der Waals surface area (Å²) in [5, 5.41) is 12.0. The quantitative estimate of drug-likeness (QED) is 0.548. The second kappa shape index (κ2) is 8.39. The normalized spacial score (nSPS) is 18.7. The van der Waals surface area contributed by atoms with Crippen LogP contribution in [0.15, 0.2) is 72.8 Å². The molecular formula is C26H20ClNO5. The van der Waals surface area contributed by atoms with E-state index in [4.69, 9.17) is 21.1 Å². The van der Waals surface area contributed by atoms with Crippen LogP contribution in [0.2, 0.25) is 5.02 Å². The Bertz CT molecular complexity index is 1290. The van der Waals surface area contributed by atoms with Crippen molar-refractivity contribution in [2.45, 2.75) is 18.6 Å². The first kappa shape index (κ1) is 21.2. The lowest BCUT2D eigenvalue weighted by Crippen LogP contribution is -2.41. The van der Waals surface area contributed by atoms with Gasteiger partial charge in [-0.25, -0.2) is 0 Å². The zero-order valence-corrected chi connectivity index (χ0v) is 18.3. The van der Waals surface area contributed by atoms with E-state index in [-0.39, 0.29) is 25.5 Å².